The van der Waals surface area contributed by atoms with Gasteiger partial charge in [0.05, 0.1) is 5.41 Å². The third-order valence-corrected chi connectivity index (χ3v) is 2.65. The van der Waals surface area contributed by atoms with Gasteiger partial charge in [-0.3, -0.25) is 9.69 Å². The first-order valence-corrected chi connectivity index (χ1v) is 5.11. The van der Waals surface area contributed by atoms with E-state index in [0.29, 0.717) is 12.6 Å². The minimum atomic E-state index is -0.719. The number of rotatable bonds is 3. The van der Waals surface area contributed by atoms with Crippen molar-refractivity contribution in [2.24, 2.45) is 5.41 Å². The maximum absolute atomic E-state index is 10.9. The summed E-state index contributed by atoms with van der Waals surface area (Å²) < 4.78 is 0. The zero-order valence-corrected chi connectivity index (χ0v) is 9.21. The molecule has 1 fully saturated rings. The van der Waals surface area contributed by atoms with Gasteiger partial charge in [0.25, 0.3) is 0 Å². The summed E-state index contributed by atoms with van der Waals surface area (Å²) in [6.45, 7) is 9.16. The van der Waals surface area contributed by atoms with Crippen LogP contribution in [-0.2, 0) is 4.79 Å². The van der Waals surface area contributed by atoms with E-state index in [1.807, 2.05) is 0 Å². The second-order valence-electron chi connectivity index (χ2n) is 4.78. The van der Waals surface area contributed by atoms with Crippen LogP contribution in [0.1, 0.15) is 20.8 Å². The molecule has 0 spiro atoms. The standard InChI is InChI=1S/C10H20N2O2/c1-8-6-12(5-4-11-8)7-10(2,3)9(13)14/h8,11H,4-7H2,1-3H3,(H,13,14). The van der Waals surface area contributed by atoms with Gasteiger partial charge in [0.1, 0.15) is 0 Å². The molecule has 14 heavy (non-hydrogen) atoms. The summed E-state index contributed by atoms with van der Waals surface area (Å²) in [5.74, 6) is -0.719. The first-order chi connectivity index (χ1) is 6.42. The highest BCUT2D eigenvalue weighted by molar-refractivity contribution is 5.73. The van der Waals surface area contributed by atoms with Crippen molar-refractivity contribution in [2.75, 3.05) is 26.2 Å². The first-order valence-electron chi connectivity index (χ1n) is 5.11. The fraction of sp³-hybridized carbons (Fsp3) is 0.900. The van der Waals surface area contributed by atoms with Crippen molar-refractivity contribution >= 4 is 5.97 Å². The Balaban J connectivity index is 2.47. The third-order valence-electron chi connectivity index (χ3n) is 2.65. The maximum Gasteiger partial charge on any atom is 0.310 e. The number of nitrogens with zero attached hydrogens (tertiary/aromatic N) is 1. The number of carbonyl (C=O) groups is 1. The molecule has 0 bridgehead atoms. The van der Waals surface area contributed by atoms with Crippen molar-refractivity contribution in [3.8, 4) is 0 Å². The first kappa shape index (κ1) is 11.5. The van der Waals surface area contributed by atoms with Gasteiger partial charge in [0.15, 0.2) is 0 Å². The Morgan fingerprint density at radius 3 is 2.79 bits per heavy atom. The second kappa shape index (κ2) is 4.28. The van der Waals surface area contributed by atoms with Gasteiger partial charge >= 0.3 is 5.97 Å². The van der Waals surface area contributed by atoms with Gasteiger partial charge in [-0.25, -0.2) is 0 Å². The highest BCUT2D eigenvalue weighted by atomic mass is 16.4. The third kappa shape index (κ3) is 2.96. The van der Waals surface area contributed by atoms with Crippen LogP contribution in [0.3, 0.4) is 0 Å². The molecule has 4 nitrogen and oxygen atoms in total. The highest BCUT2D eigenvalue weighted by Gasteiger charge is 2.30. The Hall–Kier alpha value is -0.610. The number of carboxylic acids is 1. The Bertz CT molecular complexity index is 216. The summed E-state index contributed by atoms with van der Waals surface area (Å²) in [6.07, 6.45) is 0. The van der Waals surface area contributed by atoms with E-state index in [0.717, 1.165) is 19.6 Å². The zero-order valence-electron chi connectivity index (χ0n) is 9.21. The molecule has 1 atom stereocenters. The van der Waals surface area contributed by atoms with Crippen LogP contribution < -0.4 is 5.32 Å². The molecule has 0 saturated carbocycles. The van der Waals surface area contributed by atoms with Crippen molar-refractivity contribution < 1.29 is 9.90 Å². The molecular formula is C10H20N2O2. The van der Waals surface area contributed by atoms with E-state index in [2.05, 4.69) is 17.1 Å². The number of hydrogen-bond acceptors (Lipinski definition) is 3. The Kier molecular flexibility index (Phi) is 3.50. The average molecular weight is 200 g/mol. The Morgan fingerprint density at radius 1 is 1.64 bits per heavy atom. The molecule has 0 amide bonds. The number of carboxylic acid groups (broad SMARTS) is 1. The number of piperazine rings is 1. The minimum absolute atomic E-state index is 0.466. The monoisotopic (exact) mass is 200 g/mol. The lowest BCUT2D eigenvalue weighted by Gasteiger charge is -2.35. The predicted octanol–water partition coefficient (Wildman–Crippen LogP) is 0.391. The lowest BCUT2D eigenvalue weighted by Crippen LogP contribution is -2.52. The molecule has 2 N–H and O–H groups in total. The van der Waals surface area contributed by atoms with E-state index < -0.39 is 11.4 Å². The molecule has 1 aliphatic heterocycles. The molecule has 1 saturated heterocycles. The van der Waals surface area contributed by atoms with Gasteiger partial charge in [-0.05, 0) is 20.8 Å². The van der Waals surface area contributed by atoms with Crippen LogP contribution in [0.15, 0.2) is 0 Å². The molecule has 0 aromatic carbocycles. The summed E-state index contributed by atoms with van der Waals surface area (Å²) >= 11 is 0. The van der Waals surface area contributed by atoms with Crippen molar-refractivity contribution in [2.45, 2.75) is 26.8 Å². The Morgan fingerprint density at radius 2 is 2.29 bits per heavy atom. The highest BCUT2D eigenvalue weighted by Crippen LogP contribution is 2.17. The van der Waals surface area contributed by atoms with Crippen LogP contribution in [0.4, 0.5) is 0 Å². The molecule has 0 aromatic heterocycles. The van der Waals surface area contributed by atoms with Crippen LogP contribution >= 0.6 is 0 Å². The normalized spacial score (nSPS) is 24.9. The molecule has 4 heteroatoms. The van der Waals surface area contributed by atoms with Crippen molar-refractivity contribution in [3.05, 3.63) is 0 Å². The molecule has 1 aliphatic rings. The van der Waals surface area contributed by atoms with E-state index in [9.17, 15) is 4.79 Å². The van der Waals surface area contributed by atoms with E-state index in [1.165, 1.54) is 0 Å². The molecule has 0 aromatic rings. The average Bonchev–Trinajstić information content (AvgIpc) is 2.02. The summed E-state index contributed by atoms with van der Waals surface area (Å²) in [7, 11) is 0. The number of nitrogens with one attached hydrogen (secondary N) is 1. The quantitative estimate of drug-likeness (QED) is 0.692. The molecule has 0 radical (unpaired) electrons. The smallest absolute Gasteiger partial charge is 0.310 e. The molecular weight excluding hydrogens is 180 g/mol. The van der Waals surface area contributed by atoms with Crippen molar-refractivity contribution in [3.63, 3.8) is 0 Å². The van der Waals surface area contributed by atoms with Gasteiger partial charge in [-0.1, -0.05) is 0 Å². The topological polar surface area (TPSA) is 52.6 Å². The van der Waals surface area contributed by atoms with Gasteiger partial charge < -0.3 is 10.4 Å². The van der Waals surface area contributed by atoms with Gasteiger partial charge in [0, 0.05) is 32.2 Å². The van der Waals surface area contributed by atoms with Crippen LogP contribution in [0, 0.1) is 5.41 Å². The van der Waals surface area contributed by atoms with E-state index >= 15 is 0 Å². The summed E-state index contributed by atoms with van der Waals surface area (Å²) in [4.78, 5) is 13.2. The predicted molar refractivity (Wildman–Crippen MR) is 55.3 cm³/mol. The lowest BCUT2D eigenvalue weighted by molar-refractivity contribution is -0.148. The fourth-order valence-corrected chi connectivity index (χ4v) is 1.78. The second-order valence-corrected chi connectivity index (χ2v) is 4.78. The molecule has 1 heterocycles. The van der Waals surface area contributed by atoms with Crippen LogP contribution in [0.2, 0.25) is 0 Å². The zero-order chi connectivity index (χ0) is 10.8. The molecule has 82 valence electrons. The minimum Gasteiger partial charge on any atom is -0.481 e. The van der Waals surface area contributed by atoms with Gasteiger partial charge in [0.2, 0.25) is 0 Å². The van der Waals surface area contributed by atoms with Crippen LogP contribution in [-0.4, -0.2) is 48.2 Å². The molecule has 1 unspecified atom stereocenters. The Labute approximate surface area is 85.3 Å². The maximum atomic E-state index is 10.9. The van der Waals surface area contributed by atoms with E-state index in [-0.39, 0.29) is 0 Å². The van der Waals surface area contributed by atoms with Gasteiger partial charge in [-0.2, -0.15) is 0 Å². The van der Waals surface area contributed by atoms with E-state index in [4.69, 9.17) is 5.11 Å². The van der Waals surface area contributed by atoms with Crippen LogP contribution in [0.25, 0.3) is 0 Å². The largest absolute Gasteiger partial charge is 0.481 e. The molecule has 1 rings (SSSR count). The van der Waals surface area contributed by atoms with Crippen molar-refractivity contribution in [1.29, 1.82) is 0 Å². The molecule has 0 aliphatic carbocycles. The fourth-order valence-electron chi connectivity index (χ4n) is 1.78. The lowest BCUT2D eigenvalue weighted by atomic mass is 9.92. The van der Waals surface area contributed by atoms with Gasteiger partial charge in [-0.15, -0.1) is 0 Å². The van der Waals surface area contributed by atoms with Crippen LogP contribution in [0.5, 0.6) is 0 Å². The summed E-state index contributed by atoms with van der Waals surface area (Å²) in [6, 6.07) is 0.466. The summed E-state index contributed by atoms with van der Waals surface area (Å²) in [5, 5.41) is 12.3. The SMILES string of the molecule is CC1CN(CC(C)(C)C(=O)O)CCN1. The summed E-state index contributed by atoms with van der Waals surface area (Å²) in [5.41, 5.74) is -0.642. The number of hydrogen-bond donors (Lipinski definition) is 2. The van der Waals surface area contributed by atoms with E-state index in [1.54, 1.807) is 13.8 Å². The van der Waals surface area contributed by atoms with Crippen molar-refractivity contribution in [1.82, 2.24) is 10.2 Å². The number of aliphatic carboxylic acids is 1.